The van der Waals surface area contributed by atoms with Crippen LogP contribution in [0, 0.1) is 11.6 Å². The second-order valence-corrected chi connectivity index (χ2v) is 7.90. The number of ether oxygens (including phenoxy) is 3. The number of hydrogen-bond donors (Lipinski definition) is 0. The lowest BCUT2D eigenvalue weighted by Crippen LogP contribution is -2.27. The molecule has 0 N–H and O–H groups in total. The van der Waals surface area contributed by atoms with Gasteiger partial charge in [-0.2, -0.15) is 0 Å². The monoisotopic (exact) mass is 465 g/mol. The Kier molecular flexibility index (Phi) is 5.70. The minimum absolute atomic E-state index is 0.150. The van der Waals surface area contributed by atoms with Crippen LogP contribution >= 0.6 is 0 Å². The van der Waals surface area contributed by atoms with E-state index < -0.39 is 22.8 Å². The maximum atomic E-state index is 15.3. The average Bonchev–Trinajstić information content (AvgIpc) is 3.39. The molecule has 1 fully saturated rings. The SMILES string of the molecule is COc1cc(OC)c(F)c(-c2cc3cnc(-c4cccnc4)cc3n(C3CCOC3)c2=O)c1F. The molecule has 4 heterocycles. The molecule has 1 aromatic carbocycles. The quantitative estimate of drug-likeness (QED) is 0.435. The molecule has 4 aromatic rings. The van der Waals surface area contributed by atoms with Crippen LogP contribution in [-0.2, 0) is 4.74 Å². The van der Waals surface area contributed by atoms with E-state index in [0.717, 1.165) is 11.6 Å². The third kappa shape index (κ3) is 3.58. The normalized spacial score (nSPS) is 15.6. The van der Waals surface area contributed by atoms with Gasteiger partial charge in [-0.15, -0.1) is 0 Å². The molecule has 0 saturated carbocycles. The summed E-state index contributed by atoms with van der Waals surface area (Å²) in [7, 11) is 2.52. The fourth-order valence-electron chi connectivity index (χ4n) is 4.29. The molecule has 34 heavy (non-hydrogen) atoms. The smallest absolute Gasteiger partial charge is 0.259 e. The van der Waals surface area contributed by atoms with Gasteiger partial charge in [0.1, 0.15) is 0 Å². The van der Waals surface area contributed by atoms with Crippen molar-refractivity contribution in [3.8, 4) is 33.9 Å². The van der Waals surface area contributed by atoms with E-state index in [2.05, 4.69) is 9.97 Å². The summed E-state index contributed by atoms with van der Waals surface area (Å²) < 4.78 is 47.8. The lowest BCUT2D eigenvalue weighted by Gasteiger charge is -2.19. The van der Waals surface area contributed by atoms with Crippen LogP contribution in [0.1, 0.15) is 12.5 Å². The Balaban J connectivity index is 1.82. The molecule has 0 aliphatic carbocycles. The fourth-order valence-corrected chi connectivity index (χ4v) is 4.29. The number of methoxy groups -OCH3 is 2. The molecule has 1 atom stereocenters. The summed E-state index contributed by atoms with van der Waals surface area (Å²) in [6.07, 6.45) is 5.51. The summed E-state index contributed by atoms with van der Waals surface area (Å²) in [5.74, 6) is -2.42. The van der Waals surface area contributed by atoms with Gasteiger partial charge < -0.3 is 18.8 Å². The van der Waals surface area contributed by atoms with Crippen LogP contribution in [0.4, 0.5) is 8.78 Å². The van der Waals surface area contributed by atoms with Gasteiger partial charge in [-0.1, -0.05) is 0 Å². The Hall–Kier alpha value is -3.85. The Morgan fingerprint density at radius 2 is 1.85 bits per heavy atom. The van der Waals surface area contributed by atoms with Crippen molar-refractivity contribution in [2.75, 3.05) is 27.4 Å². The van der Waals surface area contributed by atoms with Gasteiger partial charge in [0.05, 0.1) is 49.2 Å². The van der Waals surface area contributed by atoms with Crippen molar-refractivity contribution in [2.24, 2.45) is 0 Å². The molecule has 0 spiro atoms. The third-order valence-corrected chi connectivity index (χ3v) is 5.99. The molecule has 5 rings (SSSR count). The standard InChI is InChI=1S/C25H21F2N3O4/c1-32-20-10-21(33-2)24(27)22(23(20)26)17-8-15-12-29-18(14-4-3-6-28-11-14)9-19(15)30(25(17)31)16-5-7-34-13-16/h3-4,6,8-12,16H,5,7,13H2,1-2H3. The van der Waals surface area contributed by atoms with E-state index in [-0.39, 0.29) is 23.1 Å². The first-order valence-corrected chi connectivity index (χ1v) is 10.7. The van der Waals surface area contributed by atoms with Gasteiger partial charge in [-0.05, 0) is 30.7 Å². The minimum Gasteiger partial charge on any atom is -0.494 e. The number of rotatable bonds is 5. The number of nitrogens with zero attached hydrogens (tertiary/aromatic N) is 3. The zero-order chi connectivity index (χ0) is 23.8. The molecule has 0 amide bonds. The Morgan fingerprint density at radius 3 is 2.47 bits per heavy atom. The summed E-state index contributed by atoms with van der Waals surface area (Å²) in [4.78, 5) is 22.4. The maximum Gasteiger partial charge on any atom is 0.259 e. The highest BCUT2D eigenvalue weighted by atomic mass is 19.1. The lowest BCUT2D eigenvalue weighted by atomic mass is 10.0. The number of benzene rings is 1. The third-order valence-electron chi connectivity index (χ3n) is 5.99. The van der Waals surface area contributed by atoms with Crippen LogP contribution in [0.15, 0.2) is 53.7 Å². The van der Waals surface area contributed by atoms with Crippen LogP contribution in [0.3, 0.4) is 0 Å². The van der Waals surface area contributed by atoms with E-state index in [4.69, 9.17) is 14.2 Å². The zero-order valence-corrected chi connectivity index (χ0v) is 18.5. The second kappa shape index (κ2) is 8.83. The molecular formula is C25H21F2N3O4. The van der Waals surface area contributed by atoms with E-state index >= 15 is 8.78 Å². The van der Waals surface area contributed by atoms with Crippen molar-refractivity contribution in [1.29, 1.82) is 0 Å². The van der Waals surface area contributed by atoms with Gasteiger partial charge in [-0.25, -0.2) is 8.78 Å². The highest BCUT2D eigenvalue weighted by molar-refractivity contribution is 5.87. The maximum absolute atomic E-state index is 15.3. The van der Waals surface area contributed by atoms with Crippen LogP contribution in [0.2, 0.25) is 0 Å². The van der Waals surface area contributed by atoms with Gasteiger partial charge in [0.2, 0.25) is 0 Å². The number of aromatic nitrogens is 3. The Labute approximate surface area is 193 Å². The minimum atomic E-state index is -0.980. The van der Waals surface area contributed by atoms with Crippen LogP contribution < -0.4 is 15.0 Å². The van der Waals surface area contributed by atoms with Gasteiger partial charge in [0.15, 0.2) is 23.1 Å². The number of hydrogen-bond acceptors (Lipinski definition) is 6. The van der Waals surface area contributed by atoms with Crippen molar-refractivity contribution in [1.82, 2.24) is 14.5 Å². The van der Waals surface area contributed by atoms with E-state index in [1.54, 1.807) is 35.3 Å². The largest absolute Gasteiger partial charge is 0.494 e. The Morgan fingerprint density at radius 1 is 1.09 bits per heavy atom. The molecule has 1 saturated heterocycles. The molecule has 0 bridgehead atoms. The lowest BCUT2D eigenvalue weighted by molar-refractivity contribution is 0.186. The van der Waals surface area contributed by atoms with Crippen molar-refractivity contribution in [3.05, 3.63) is 70.9 Å². The average molecular weight is 465 g/mol. The summed E-state index contributed by atoms with van der Waals surface area (Å²) in [5.41, 5.74) is 0.799. The number of pyridine rings is 3. The summed E-state index contributed by atoms with van der Waals surface area (Å²) in [6.45, 7) is 0.800. The van der Waals surface area contributed by atoms with Crippen molar-refractivity contribution < 1.29 is 23.0 Å². The van der Waals surface area contributed by atoms with Gasteiger partial charge >= 0.3 is 0 Å². The molecule has 7 nitrogen and oxygen atoms in total. The molecule has 9 heteroatoms. The predicted octanol–water partition coefficient (Wildman–Crippen LogP) is 4.38. The van der Waals surface area contributed by atoms with Gasteiger partial charge in [0, 0.05) is 42.2 Å². The van der Waals surface area contributed by atoms with Crippen LogP contribution in [0.5, 0.6) is 11.5 Å². The summed E-state index contributed by atoms with van der Waals surface area (Å²) >= 11 is 0. The van der Waals surface area contributed by atoms with E-state index in [1.165, 1.54) is 20.3 Å². The van der Waals surface area contributed by atoms with Gasteiger partial charge in [0.25, 0.3) is 5.56 Å². The molecule has 3 aromatic heterocycles. The van der Waals surface area contributed by atoms with Crippen molar-refractivity contribution in [2.45, 2.75) is 12.5 Å². The first kappa shape index (κ1) is 22.0. The van der Waals surface area contributed by atoms with E-state index in [9.17, 15) is 4.79 Å². The molecule has 1 unspecified atom stereocenters. The highest BCUT2D eigenvalue weighted by Gasteiger charge is 2.28. The topological polar surface area (TPSA) is 75.5 Å². The van der Waals surface area contributed by atoms with Crippen LogP contribution in [0.25, 0.3) is 33.3 Å². The first-order valence-electron chi connectivity index (χ1n) is 10.7. The number of fused-ring (bicyclic) bond motifs is 1. The van der Waals surface area contributed by atoms with Crippen molar-refractivity contribution in [3.63, 3.8) is 0 Å². The summed E-state index contributed by atoms with van der Waals surface area (Å²) in [5, 5.41) is 0.551. The molecule has 1 aliphatic heterocycles. The predicted molar refractivity (Wildman–Crippen MR) is 122 cm³/mol. The molecule has 1 aliphatic rings. The first-order chi connectivity index (χ1) is 16.5. The van der Waals surface area contributed by atoms with E-state index in [1.807, 2.05) is 6.07 Å². The van der Waals surface area contributed by atoms with Crippen molar-refractivity contribution >= 4 is 10.9 Å². The molecule has 0 radical (unpaired) electrons. The zero-order valence-electron chi connectivity index (χ0n) is 18.5. The van der Waals surface area contributed by atoms with Gasteiger partial charge in [-0.3, -0.25) is 14.8 Å². The number of halogens is 2. The highest BCUT2D eigenvalue weighted by Crippen LogP contribution is 2.38. The Bertz CT molecular complexity index is 1410. The molecule has 174 valence electrons. The molecular weight excluding hydrogens is 444 g/mol. The fraction of sp³-hybridized carbons (Fsp3) is 0.240. The summed E-state index contributed by atoms with van der Waals surface area (Å²) in [6, 6.07) is 7.71. The van der Waals surface area contributed by atoms with Crippen LogP contribution in [-0.4, -0.2) is 42.0 Å². The van der Waals surface area contributed by atoms with E-state index in [0.29, 0.717) is 36.2 Å². The second-order valence-electron chi connectivity index (χ2n) is 7.90.